The number of nitrogens with one attached hydrogen (secondary N) is 1. The number of imidazole rings is 1. The van der Waals surface area contributed by atoms with Crippen molar-refractivity contribution in [2.24, 2.45) is 0 Å². The zero-order valence-electron chi connectivity index (χ0n) is 22.1. The fourth-order valence-electron chi connectivity index (χ4n) is 5.04. The van der Waals surface area contributed by atoms with Gasteiger partial charge in [0.2, 0.25) is 6.41 Å². The first-order valence-electron chi connectivity index (χ1n) is 13.4. The summed E-state index contributed by atoms with van der Waals surface area (Å²) in [6.07, 6.45) is 10.4. The standard InChI is InChI=1S/C27H27N7O2.C2H6O2/c28-25-24-23(32-26(34(24)13-11-30-25)21-2-1-12-33(15-21)16-35)18-5-7-19(8-6-18)27(36)31-22-14-20(9-10-29-22)17-3-4-17;3-1-2-4/h5-11,13-14,16-17,21H,1-4,12,15H2,(H2,28,30)(H,29,31,36);3-4H,1-2H2. The number of pyridine rings is 1. The van der Waals surface area contributed by atoms with Crippen molar-refractivity contribution < 1.29 is 19.8 Å². The van der Waals surface area contributed by atoms with Crippen LogP contribution in [0.3, 0.4) is 0 Å². The van der Waals surface area contributed by atoms with E-state index < -0.39 is 0 Å². The SMILES string of the molecule is Nc1nccn2c(C3CCCN(C=O)C3)nc(-c3ccc(C(=O)Nc4cc(C5CC5)ccn4)cc3)c12.OCCO. The molecule has 0 spiro atoms. The molecular formula is C29H33N7O4. The highest BCUT2D eigenvalue weighted by Crippen LogP contribution is 2.40. The Kier molecular flexibility index (Phi) is 8.32. The number of rotatable bonds is 7. The summed E-state index contributed by atoms with van der Waals surface area (Å²) in [6.45, 7) is 1.14. The average molecular weight is 544 g/mol. The summed E-state index contributed by atoms with van der Waals surface area (Å²) in [4.78, 5) is 39.6. The number of hydrogen-bond donors (Lipinski definition) is 4. The van der Waals surface area contributed by atoms with Crippen LogP contribution in [0.15, 0.2) is 55.0 Å². The van der Waals surface area contributed by atoms with E-state index in [1.54, 1.807) is 29.4 Å². The van der Waals surface area contributed by atoms with Gasteiger partial charge in [0.1, 0.15) is 28.7 Å². The van der Waals surface area contributed by atoms with Crippen molar-refractivity contribution in [2.75, 3.05) is 37.4 Å². The van der Waals surface area contributed by atoms with Gasteiger partial charge in [0.25, 0.3) is 5.91 Å². The second-order valence-corrected chi connectivity index (χ2v) is 10.0. The Morgan fingerprint density at radius 3 is 2.52 bits per heavy atom. The number of anilines is 2. The number of amides is 2. The predicted molar refractivity (Wildman–Crippen MR) is 151 cm³/mol. The number of benzene rings is 1. The maximum atomic E-state index is 12.9. The lowest BCUT2D eigenvalue weighted by molar-refractivity contribution is -0.119. The van der Waals surface area contributed by atoms with Crippen LogP contribution in [-0.4, -0.2) is 73.1 Å². The molecule has 0 radical (unpaired) electrons. The third-order valence-corrected chi connectivity index (χ3v) is 7.17. The van der Waals surface area contributed by atoms with E-state index >= 15 is 0 Å². The third kappa shape index (κ3) is 5.95. The quantitative estimate of drug-likeness (QED) is 0.259. The molecule has 0 bridgehead atoms. The zero-order chi connectivity index (χ0) is 28.1. The fraction of sp³-hybridized carbons (Fsp3) is 0.345. The van der Waals surface area contributed by atoms with Crippen LogP contribution in [0.5, 0.6) is 0 Å². The number of likely N-dealkylation sites (tertiary alicyclic amines) is 1. The van der Waals surface area contributed by atoms with Crippen molar-refractivity contribution in [2.45, 2.75) is 37.5 Å². The Labute approximate surface area is 231 Å². The summed E-state index contributed by atoms with van der Waals surface area (Å²) in [5, 5.41) is 18.2. The summed E-state index contributed by atoms with van der Waals surface area (Å²) < 4.78 is 1.98. The molecule has 11 heteroatoms. The number of aromatic nitrogens is 4. The van der Waals surface area contributed by atoms with Crippen LogP contribution in [0.1, 0.15) is 59.3 Å². The lowest BCUT2D eigenvalue weighted by atomic mass is 9.98. The molecule has 1 aliphatic heterocycles. The fourth-order valence-corrected chi connectivity index (χ4v) is 5.04. The van der Waals surface area contributed by atoms with Gasteiger partial charge in [-0.1, -0.05) is 12.1 Å². The van der Waals surface area contributed by atoms with E-state index in [0.29, 0.717) is 35.4 Å². The molecular weight excluding hydrogens is 510 g/mol. The first-order valence-corrected chi connectivity index (χ1v) is 13.4. The lowest BCUT2D eigenvalue weighted by Crippen LogP contribution is -2.33. The van der Waals surface area contributed by atoms with Crippen molar-refractivity contribution in [1.82, 2.24) is 24.3 Å². The normalized spacial score (nSPS) is 16.8. The highest BCUT2D eigenvalue weighted by molar-refractivity contribution is 6.04. The van der Waals surface area contributed by atoms with Crippen LogP contribution in [0.4, 0.5) is 11.6 Å². The molecule has 1 atom stereocenters. The second-order valence-electron chi connectivity index (χ2n) is 10.0. The number of nitrogen functional groups attached to an aromatic ring is 1. The van der Waals surface area contributed by atoms with Gasteiger partial charge in [0.05, 0.1) is 13.2 Å². The number of nitrogens with zero attached hydrogens (tertiary/aromatic N) is 5. The summed E-state index contributed by atoms with van der Waals surface area (Å²) in [5.74, 6) is 2.30. The molecule has 6 rings (SSSR count). The van der Waals surface area contributed by atoms with Crippen molar-refractivity contribution in [1.29, 1.82) is 0 Å². The van der Waals surface area contributed by atoms with Crippen LogP contribution in [0.2, 0.25) is 0 Å². The molecule has 2 amide bonds. The minimum absolute atomic E-state index is 0.107. The van der Waals surface area contributed by atoms with E-state index in [4.69, 9.17) is 20.9 Å². The molecule has 208 valence electrons. The lowest BCUT2D eigenvalue weighted by Gasteiger charge is -2.29. The number of piperidine rings is 1. The molecule has 1 saturated heterocycles. The van der Waals surface area contributed by atoms with Gasteiger partial charge in [-0.3, -0.25) is 14.0 Å². The van der Waals surface area contributed by atoms with E-state index in [-0.39, 0.29) is 25.0 Å². The number of aliphatic hydroxyl groups excluding tert-OH is 2. The van der Waals surface area contributed by atoms with E-state index in [0.717, 1.165) is 42.7 Å². The summed E-state index contributed by atoms with van der Waals surface area (Å²) in [6, 6.07) is 11.3. The minimum atomic E-state index is -0.213. The summed E-state index contributed by atoms with van der Waals surface area (Å²) >= 11 is 0. The molecule has 1 aliphatic carbocycles. The molecule has 1 aromatic carbocycles. The molecule has 40 heavy (non-hydrogen) atoms. The monoisotopic (exact) mass is 543 g/mol. The van der Waals surface area contributed by atoms with E-state index in [1.165, 1.54) is 18.4 Å². The van der Waals surface area contributed by atoms with E-state index in [2.05, 4.69) is 15.3 Å². The molecule has 1 unspecified atom stereocenters. The number of carbonyl (C=O) groups excluding carboxylic acids is 2. The average Bonchev–Trinajstić information content (AvgIpc) is 3.78. The van der Waals surface area contributed by atoms with Crippen molar-refractivity contribution in [3.63, 3.8) is 0 Å². The minimum Gasteiger partial charge on any atom is -0.394 e. The number of carbonyl (C=O) groups is 2. The van der Waals surface area contributed by atoms with Crippen LogP contribution in [-0.2, 0) is 4.79 Å². The predicted octanol–water partition coefficient (Wildman–Crippen LogP) is 2.81. The molecule has 1 saturated carbocycles. The highest BCUT2D eigenvalue weighted by atomic mass is 16.3. The molecule has 5 N–H and O–H groups in total. The van der Waals surface area contributed by atoms with Gasteiger partial charge in [0.15, 0.2) is 0 Å². The number of fused-ring (bicyclic) bond motifs is 1. The van der Waals surface area contributed by atoms with Gasteiger partial charge in [-0.15, -0.1) is 0 Å². The van der Waals surface area contributed by atoms with Crippen LogP contribution in [0.25, 0.3) is 16.8 Å². The molecule has 4 aromatic rings. The Bertz CT molecular complexity index is 1480. The van der Waals surface area contributed by atoms with Crippen LogP contribution < -0.4 is 11.1 Å². The zero-order valence-corrected chi connectivity index (χ0v) is 22.1. The van der Waals surface area contributed by atoms with Gasteiger partial charge in [-0.2, -0.15) is 0 Å². The van der Waals surface area contributed by atoms with Gasteiger partial charge in [0, 0.05) is 48.7 Å². The molecule has 2 aliphatic rings. The van der Waals surface area contributed by atoms with Gasteiger partial charge < -0.3 is 26.2 Å². The van der Waals surface area contributed by atoms with Crippen LogP contribution >= 0.6 is 0 Å². The highest BCUT2D eigenvalue weighted by Gasteiger charge is 2.27. The number of nitrogens with two attached hydrogens (primary N) is 1. The maximum absolute atomic E-state index is 12.9. The maximum Gasteiger partial charge on any atom is 0.256 e. The first-order chi connectivity index (χ1) is 19.5. The molecule has 11 nitrogen and oxygen atoms in total. The Morgan fingerprint density at radius 1 is 1.05 bits per heavy atom. The first kappa shape index (κ1) is 27.2. The van der Waals surface area contributed by atoms with Gasteiger partial charge in [-0.25, -0.2) is 15.0 Å². The third-order valence-electron chi connectivity index (χ3n) is 7.17. The van der Waals surface area contributed by atoms with Crippen molar-refractivity contribution in [3.05, 3.63) is 71.9 Å². The largest absolute Gasteiger partial charge is 0.394 e. The Balaban J connectivity index is 0.000000758. The molecule has 2 fully saturated rings. The molecule has 4 heterocycles. The number of aliphatic hydroxyl groups is 2. The van der Waals surface area contributed by atoms with Crippen molar-refractivity contribution >= 4 is 29.5 Å². The molecule has 3 aromatic heterocycles. The Hall–Kier alpha value is -4.35. The van der Waals surface area contributed by atoms with Crippen molar-refractivity contribution in [3.8, 4) is 11.3 Å². The summed E-state index contributed by atoms with van der Waals surface area (Å²) in [7, 11) is 0. The van der Waals surface area contributed by atoms with Crippen LogP contribution in [0, 0.1) is 0 Å². The van der Waals surface area contributed by atoms with E-state index in [1.807, 2.05) is 34.9 Å². The number of hydrogen-bond acceptors (Lipinski definition) is 8. The Morgan fingerprint density at radius 2 is 1.82 bits per heavy atom. The smallest absolute Gasteiger partial charge is 0.256 e. The van der Waals surface area contributed by atoms with Gasteiger partial charge in [-0.05, 0) is 61.4 Å². The topological polar surface area (TPSA) is 159 Å². The summed E-state index contributed by atoms with van der Waals surface area (Å²) in [5.41, 5.74) is 10.3. The van der Waals surface area contributed by atoms with E-state index in [9.17, 15) is 9.59 Å². The van der Waals surface area contributed by atoms with Gasteiger partial charge >= 0.3 is 0 Å². The second kappa shape index (κ2) is 12.2.